The van der Waals surface area contributed by atoms with Crippen LogP contribution < -0.4 is 5.32 Å². The van der Waals surface area contributed by atoms with Gasteiger partial charge >= 0.3 is 0 Å². The van der Waals surface area contributed by atoms with Crippen molar-refractivity contribution in [1.82, 2.24) is 15.1 Å². The Kier molecular flexibility index (Phi) is 4.58. The van der Waals surface area contributed by atoms with Crippen LogP contribution in [0.4, 0.5) is 0 Å². The van der Waals surface area contributed by atoms with E-state index in [1.807, 2.05) is 4.90 Å². The van der Waals surface area contributed by atoms with E-state index < -0.39 is 0 Å². The molecule has 20 heavy (non-hydrogen) atoms. The van der Waals surface area contributed by atoms with Crippen molar-refractivity contribution >= 4 is 5.91 Å². The Morgan fingerprint density at radius 3 is 2.70 bits per heavy atom. The lowest BCUT2D eigenvalue weighted by atomic mass is 10.0. The van der Waals surface area contributed by atoms with E-state index in [0.29, 0.717) is 12.1 Å². The number of ether oxygens (including phenoxy) is 1. The summed E-state index contributed by atoms with van der Waals surface area (Å²) in [5, 5.41) is 3.87. The van der Waals surface area contributed by atoms with E-state index in [2.05, 4.69) is 10.2 Å². The van der Waals surface area contributed by atoms with Gasteiger partial charge in [-0.2, -0.15) is 0 Å². The minimum atomic E-state index is 0.133. The molecule has 3 fully saturated rings. The maximum absolute atomic E-state index is 11.8. The lowest BCUT2D eigenvalue weighted by Crippen LogP contribution is -2.50. The minimum absolute atomic E-state index is 0.133. The highest BCUT2D eigenvalue weighted by Gasteiger charge is 2.38. The van der Waals surface area contributed by atoms with Gasteiger partial charge in [0.15, 0.2) is 0 Å². The molecule has 2 unspecified atom stereocenters. The molecule has 5 nitrogen and oxygen atoms in total. The van der Waals surface area contributed by atoms with Gasteiger partial charge in [0.2, 0.25) is 5.91 Å². The molecule has 2 atom stereocenters. The summed E-state index contributed by atoms with van der Waals surface area (Å²) < 4.78 is 4.93. The SMILES string of the molecule is COCC(=O)N1CCC(NC2CCN3CCCC23)CC1. The third kappa shape index (κ3) is 3.00. The molecule has 114 valence electrons. The average Bonchev–Trinajstić information content (AvgIpc) is 3.05. The van der Waals surface area contributed by atoms with Crippen molar-refractivity contribution in [1.29, 1.82) is 0 Å². The van der Waals surface area contributed by atoms with Gasteiger partial charge in [0, 0.05) is 44.9 Å². The first kappa shape index (κ1) is 14.3. The van der Waals surface area contributed by atoms with Crippen molar-refractivity contribution < 1.29 is 9.53 Å². The van der Waals surface area contributed by atoms with Crippen LogP contribution in [-0.4, -0.2) is 73.7 Å². The van der Waals surface area contributed by atoms with Gasteiger partial charge in [-0.3, -0.25) is 9.69 Å². The van der Waals surface area contributed by atoms with Gasteiger partial charge in [0.1, 0.15) is 6.61 Å². The summed E-state index contributed by atoms with van der Waals surface area (Å²) in [6, 6.07) is 2.05. The molecule has 0 bridgehead atoms. The third-order valence-electron chi connectivity index (χ3n) is 5.17. The number of methoxy groups -OCH3 is 1. The Morgan fingerprint density at radius 2 is 1.95 bits per heavy atom. The molecule has 1 N–H and O–H groups in total. The summed E-state index contributed by atoms with van der Waals surface area (Å²) in [6.45, 7) is 4.54. The second-order valence-corrected chi connectivity index (χ2v) is 6.40. The standard InChI is InChI=1S/C15H27N3O2/c1-20-11-15(19)18-8-4-12(5-9-18)16-13-6-10-17-7-2-3-14(13)17/h12-14,16H,2-11H2,1H3. The fraction of sp³-hybridized carbons (Fsp3) is 0.933. The van der Waals surface area contributed by atoms with Crippen molar-refractivity contribution in [3.8, 4) is 0 Å². The summed E-state index contributed by atoms with van der Waals surface area (Å²) in [5.41, 5.74) is 0. The Bertz CT molecular complexity index is 342. The summed E-state index contributed by atoms with van der Waals surface area (Å²) in [6.07, 6.45) is 6.19. The first-order valence-corrected chi connectivity index (χ1v) is 8.04. The predicted molar refractivity (Wildman–Crippen MR) is 77.6 cm³/mol. The van der Waals surface area contributed by atoms with Gasteiger partial charge in [-0.1, -0.05) is 0 Å². The van der Waals surface area contributed by atoms with Crippen LogP contribution in [0.3, 0.4) is 0 Å². The van der Waals surface area contributed by atoms with Gasteiger partial charge in [0.05, 0.1) is 0 Å². The van der Waals surface area contributed by atoms with Gasteiger partial charge in [-0.15, -0.1) is 0 Å². The molecule has 3 heterocycles. The Labute approximate surface area is 121 Å². The highest BCUT2D eigenvalue weighted by Crippen LogP contribution is 2.28. The average molecular weight is 281 g/mol. The molecule has 0 saturated carbocycles. The highest BCUT2D eigenvalue weighted by molar-refractivity contribution is 5.77. The highest BCUT2D eigenvalue weighted by atomic mass is 16.5. The summed E-state index contributed by atoms with van der Waals surface area (Å²) >= 11 is 0. The topological polar surface area (TPSA) is 44.8 Å². The summed E-state index contributed by atoms with van der Waals surface area (Å²) in [7, 11) is 1.58. The van der Waals surface area contributed by atoms with Crippen molar-refractivity contribution in [2.24, 2.45) is 0 Å². The van der Waals surface area contributed by atoms with Crippen LogP contribution in [0.25, 0.3) is 0 Å². The van der Waals surface area contributed by atoms with Crippen LogP contribution in [0.15, 0.2) is 0 Å². The van der Waals surface area contributed by atoms with Crippen LogP contribution in [0.2, 0.25) is 0 Å². The second-order valence-electron chi connectivity index (χ2n) is 6.40. The number of likely N-dealkylation sites (tertiary alicyclic amines) is 1. The fourth-order valence-electron chi connectivity index (χ4n) is 4.09. The van der Waals surface area contributed by atoms with E-state index in [1.165, 1.54) is 32.4 Å². The van der Waals surface area contributed by atoms with E-state index in [1.54, 1.807) is 7.11 Å². The number of nitrogens with one attached hydrogen (secondary N) is 1. The molecule has 0 spiro atoms. The van der Waals surface area contributed by atoms with Crippen molar-refractivity contribution in [3.05, 3.63) is 0 Å². The van der Waals surface area contributed by atoms with Gasteiger partial charge in [-0.05, 0) is 38.6 Å². The lowest BCUT2D eigenvalue weighted by molar-refractivity contribution is -0.136. The normalized spacial score (nSPS) is 31.8. The molecule has 3 saturated heterocycles. The van der Waals surface area contributed by atoms with Crippen LogP contribution in [-0.2, 0) is 9.53 Å². The van der Waals surface area contributed by atoms with Crippen LogP contribution in [0.5, 0.6) is 0 Å². The molecular weight excluding hydrogens is 254 g/mol. The molecule has 5 heteroatoms. The molecule has 0 aromatic carbocycles. The molecule has 3 aliphatic rings. The van der Waals surface area contributed by atoms with Crippen molar-refractivity contribution in [2.45, 2.75) is 50.2 Å². The van der Waals surface area contributed by atoms with Gasteiger partial charge in [0.25, 0.3) is 0 Å². The maximum atomic E-state index is 11.8. The van der Waals surface area contributed by atoms with Gasteiger partial charge < -0.3 is 15.0 Å². The number of hydrogen-bond donors (Lipinski definition) is 1. The zero-order valence-electron chi connectivity index (χ0n) is 12.5. The Hall–Kier alpha value is -0.650. The maximum Gasteiger partial charge on any atom is 0.248 e. The number of carbonyl (C=O) groups excluding carboxylic acids is 1. The molecule has 1 amide bonds. The van der Waals surface area contributed by atoms with Gasteiger partial charge in [-0.25, -0.2) is 0 Å². The Balaban J connectivity index is 1.43. The molecule has 3 rings (SSSR count). The number of hydrogen-bond acceptors (Lipinski definition) is 4. The number of carbonyl (C=O) groups is 1. The molecule has 0 aliphatic carbocycles. The first-order valence-electron chi connectivity index (χ1n) is 8.04. The summed E-state index contributed by atoms with van der Waals surface area (Å²) in [5.74, 6) is 0.133. The largest absolute Gasteiger partial charge is 0.375 e. The van der Waals surface area contributed by atoms with Crippen LogP contribution in [0.1, 0.15) is 32.1 Å². The van der Waals surface area contributed by atoms with Crippen LogP contribution >= 0.6 is 0 Å². The number of rotatable bonds is 4. The summed E-state index contributed by atoms with van der Waals surface area (Å²) in [4.78, 5) is 16.4. The monoisotopic (exact) mass is 281 g/mol. The quantitative estimate of drug-likeness (QED) is 0.813. The number of piperidine rings is 1. The van der Waals surface area contributed by atoms with E-state index in [9.17, 15) is 4.79 Å². The number of nitrogens with zero attached hydrogens (tertiary/aromatic N) is 2. The third-order valence-corrected chi connectivity index (χ3v) is 5.17. The number of amides is 1. The van der Waals surface area contributed by atoms with Crippen LogP contribution in [0, 0.1) is 0 Å². The Morgan fingerprint density at radius 1 is 1.15 bits per heavy atom. The molecular formula is C15H27N3O2. The van der Waals surface area contributed by atoms with E-state index >= 15 is 0 Å². The van der Waals surface area contributed by atoms with Crippen molar-refractivity contribution in [2.75, 3.05) is 39.9 Å². The second kappa shape index (κ2) is 6.41. The van der Waals surface area contributed by atoms with E-state index in [4.69, 9.17) is 4.74 Å². The zero-order valence-corrected chi connectivity index (χ0v) is 12.5. The zero-order chi connectivity index (χ0) is 13.9. The van der Waals surface area contributed by atoms with E-state index in [0.717, 1.165) is 32.0 Å². The smallest absolute Gasteiger partial charge is 0.248 e. The molecule has 0 radical (unpaired) electrons. The molecule has 0 aromatic heterocycles. The molecule has 0 aromatic rings. The number of fused-ring (bicyclic) bond motifs is 1. The first-order chi connectivity index (χ1) is 9.78. The van der Waals surface area contributed by atoms with E-state index in [-0.39, 0.29) is 12.5 Å². The lowest BCUT2D eigenvalue weighted by Gasteiger charge is -2.35. The van der Waals surface area contributed by atoms with Crippen molar-refractivity contribution in [3.63, 3.8) is 0 Å². The fourth-order valence-corrected chi connectivity index (χ4v) is 4.09. The predicted octanol–water partition coefficient (Wildman–Crippen LogP) is 0.450. The minimum Gasteiger partial charge on any atom is -0.375 e. The molecule has 3 aliphatic heterocycles.